The zero-order valence-corrected chi connectivity index (χ0v) is 16.8. The van der Waals surface area contributed by atoms with Gasteiger partial charge in [-0.25, -0.2) is 0 Å². The van der Waals surface area contributed by atoms with E-state index in [4.69, 9.17) is 0 Å². The van der Waals surface area contributed by atoms with Crippen LogP contribution in [0.4, 0.5) is 0 Å². The molecule has 0 amide bonds. The van der Waals surface area contributed by atoms with Crippen molar-refractivity contribution in [2.75, 3.05) is 26.2 Å². The van der Waals surface area contributed by atoms with Crippen molar-refractivity contribution in [3.05, 3.63) is 47.7 Å². The molecule has 1 N–H and O–H groups in total. The maximum absolute atomic E-state index is 4.61. The van der Waals surface area contributed by atoms with Crippen LogP contribution in [0.3, 0.4) is 0 Å². The minimum Gasteiger partial charge on any atom is -0.357 e. The van der Waals surface area contributed by atoms with E-state index in [1.807, 2.05) is 0 Å². The molecule has 0 spiro atoms. The number of aromatic amines is 1. The summed E-state index contributed by atoms with van der Waals surface area (Å²) < 4.78 is 2.26. The third-order valence-electron chi connectivity index (χ3n) is 6.41. The Bertz CT molecular complexity index is 903. The Labute approximate surface area is 166 Å². The van der Waals surface area contributed by atoms with Crippen LogP contribution in [0.15, 0.2) is 30.3 Å². The molecule has 0 radical (unpaired) electrons. The van der Waals surface area contributed by atoms with E-state index in [-0.39, 0.29) is 0 Å². The number of rotatable bonds is 5. The number of benzene rings is 1. The Hall–Kier alpha value is -2.18. The first kappa shape index (κ1) is 17.9. The third-order valence-corrected chi connectivity index (χ3v) is 6.41. The second kappa shape index (κ2) is 7.68. The van der Waals surface area contributed by atoms with Gasteiger partial charge in [0.2, 0.25) is 0 Å². The molecular weight excluding hydrogens is 348 g/mol. The van der Waals surface area contributed by atoms with Crippen LogP contribution in [0.25, 0.3) is 10.9 Å². The summed E-state index contributed by atoms with van der Waals surface area (Å²) in [5.41, 5.74) is 2.53. The van der Waals surface area contributed by atoms with E-state index in [9.17, 15) is 0 Å². The van der Waals surface area contributed by atoms with Gasteiger partial charge in [-0.1, -0.05) is 18.2 Å². The molecule has 2 saturated heterocycles. The molecule has 2 aliphatic rings. The van der Waals surface area contributed by atoms with Crippen molar-refractivity contribution >= 4 is 10.9 Å². The van der Waals surface area contributed by atoms with Crippen LogP contribution in [0.2, 0.25) is 0 Å². The molecule has 6 heteroatoms. The molecular formula is C22H30N6. The fourth-order valence-corrected chi connectivity index (χ4v) is 4.88. The van der Waals surface area contributed by atoms with E-state index in [0.717, 1.165) is 37.8 Å². The topological polar surface area (TPSA) is 53.0 Å². The lowest BCUT2D eigenvalue weighted by molar-refractivity contribution is 0.193. The molecule has 1 aromatic carbocycles. The van der Waals surface area contributed by atoms with Gasteiger partial charge < -0.3 is 9.55 Å². The van der Waals surface area contributed by atoms with E-state index < -0.39 is 0 Å². The van der Waals surface area contributed by atoms with Gasteiger partial charge >= 0.3 is 0 Å². The van der Waals surface area contributed by atoms with Crippen LogP contribution in [0.5, 0.6) is 0 Å². The monoisotopic (exact) mass is 378 g/mol. The molecule has 148 valence electrons. The van der Waals surface area contributed by atoms with E-state index in [0.29, 0.717) is 5.92 Å². The van der Waals surface area contributed by atoms with Crippen LogP contribution in [0, 0.1) is 0 Å². The fourth-order valence-electron chi connectivity index (χ4n) is 4.88. The highest BCUT2D eigenvalue weighted by atomic mass is 15.3. The molecule has 28 heavy (non-hydrogen) atoms. The quantitative estimate of drug-likeness (QED) is 0.740. The first-order valence-electron chi connectivity index (χ1n) is 10.7. The van der Waals surface area contributed by atoms with Gasteiger partial charge in [-0.2, -0.15) is 0 Å². The van der Waals surface area contributed by atoms with Crippen LogP contribution < -0.4 is 0 Å². The van der Waals surface area contributed by atoms with Crippen molar-refractivity contribution in [3.8, 4) is 0 Å². The number of fused-ring (bicyclic) bond motifs is 1. The number of hydrogen-bond acceptors (Lipinski definition) is 4. The minimum atomic E-state index is 0.475. The predicted octanol–water partition coefficient (Wildman–Crippen LogP) is 3.27. The molecule has 0 unspecified atom stereocenters. The van der Waals surface area contributed by atoms with E-state index in [1.165, 1.54) is 55.4 Å². The maximum atomic E-state index is 4.61. The first-order chi connectivity index (χ1) is 13.8. The predicted molar refractivity (Wildman–Crippen MR) is 111 cm³/mol. The van der Waals surface area contributed by atoms with Crippen LogP contribution in [-0.4, -0.2) is 55.7 Å². The smallest absolute Gasteiger partial charge is 0.146 e. The molecule has 6 nitrogen and oxygen atoms in total. The Morgan fingerprint density at radius 1 is 1.00 bits per heavy atom. The van der Waals surface area contributed by atoms with Crippen molar-refractivity contribution in [2.45, 2.75) is 44.7 Å². The number of para-hydroxylation sites is 1. The molecule has 2 fully saturated rings. The molecule has 0 bridgehead atoms. The molecule has 2 aliphatic heterocycles. The molecule has 4 heterocycles. The number of aromatic nitrogens is 4. The van der Waals surface area contributed by atoms with Gasteiger partial charge in [0, 0.05) is 37.3 Å². The van der Waals surface area contributed by atoms with Gasteiger partial charge in [0.15, 0.2) is 0 Å². The van der Waals surface area contributed by atoms with E-state index in [1.54, 1.807) is 0 Å². The Kier molecular flexibility index (Phi) is 4.91. The molecule has 5 rings (SSSR count). The first-order valence-corrected chi connectivity index (χ1v) is 10.7. The van der Waals surface area contributed by atoms with Crippen molar-refractivity contribution in [3.63, 3.8) is 0 Å². The van der Waals surface area contributed by atoms with Crippen molar-refractivity contribution in [1.29, 1.82) is 0 Å². The summed E-state index contributed by atoms with van der Waals surface area (Å²) >= 11 is 0. The van der Waals surface area contributed by atoms with Crippen LogP contribution >= 0.6 is 0 Å². The van der Waals surface area contributed by atoms with Gasteiger partial charge in [-0.15, -0.1) is 10.2 Å². The van der Waals surface area contributed by atoms with Gasteiger partial charge in [0.1, 0.15) is 11.6 Å². The summed E-state index contributed by atoms with van der Waals surface area (Å²) in [7, 11) is 2.15. The molecule has 1 atom stereocenters. The normalized spacial score (nSPS) is 21.7. The summed E-state index contributed by atoms with van der Waals surface area (Å²) in [6.07, 6.45) is 5.06. The van der Waals surface area contributed by atoms with Crippen molar-refractivity contribution in [2.24, 2.45) is 7.05 Å². The van der Waals surface area contributed by atoms with E-state index in [2.05, 4.69) is 66.9 Å². The Morgan fingerprint density at radius 3 is 2.68 bits per heavy atom. The minimum absolute atomic E-state index is 0.475. The zero-order valence-electron chi connectivity index (χ0n) is 16.8. The highest BCUT2D eigenvalue weighted by Crippen LogP contribution is 2.27. The summed E-state index contributed by atoms with van der Waals surface area (Å²) in [4.78, 5) is 8.63. The number of nitrogens with one attached hydrogen (secondary N) is 1. The SMILES string of the molecule is Cn1c(CN2CCCC2)nnc1[C@@H]1CCCN(Cc2cc3ccccc3[nH]2)C1. The molecule has 0 aliphatic carbocycles. The maximum Gasteiger partial charge on any atom is 0.146 e. The van der Waals surface area contributed by atoms with Crippen molar-refractivity contribution < 1.29 is 0 Å². The van der Waals surface area contributed by atoms with Gasteiger partial charge in [0.05, 0.1) is 6.54 Å². The van der Waals surface area contributed by atoms with Gasteiger partial charge in [-0.05, 0) is 62.8 Å². The summed E-state index contributed by atoms with van der Waals surface area (Å²) in [5.74, 6) is 2.75. The molecule has 3 aromatic rings. The largest absolute Gasteiger partial charge is 0.357 e. The van der Waals surface area contributed by atoms with Crippen molar-refractivity contribution in [1.82, 2.24) is 29.5 Å². The average Bonchev–Trinajstić information content (AvgIpc) is 3.43. The lowest BCUT2D eigenvalue weighted by Crippen LogP contribution is -2.35. The zero-order chi connectivity index (χ0) is 18.9. The fraction of sp³-hybridized carbons (Fsp3) is 0.545. The average molecular weight is 379 g/mol. The van der Waals surface area contributed by atoms with Gasteiger partial charge in [-0.3, -0.25) is 9.80 Å². The Morgan fingerprint density at radius 2 is 1.82 bits per heavy atom. The number of nitrogens with zero attached hydrogens (tertiary/aromatic N) is 5. The second-order valence-electron chi connectivity index (χ2n) is 8.47. The molecule has 2 aromatic heterocycles. The third kappa shape index (κ3) is 3.59. The number of H-pyrrole nitrogens is 1. The molecule has 0 saturated carbocycles. The lowest BCUT2D eigenvalue weighted by atomic mass is 9.97. The number of hydrogen-bond donors (Lipinski definition) is 1. The highest BCUT2D eigenvalue weighted by molar-refractivity contribution is 5.80. The standard InChI is InChI=1S/C22H30N6/c1-26-21(16-27-10-4-5-11-27)24-25-22(26)18-8-6-12-28(14-18)15-19-13-17-7-2-3-9-20(17)23-19/h2-3,7,9,13,18,23H,4-6,8,10-12,14-16H2,1H3/t18-/m1/s1. The second-order valence-corrected chi connectivity index (χ2v) is 8.47. The number of likely N-dealkylation sites (tertiary alicyclic amines) is 2. The summed E-state index contributed by atoms with van der Waals surface area (Å²) in [6.45, 7) is 6.53. The lowest BCUT2D eigenvalue weighted by Gasteiger charge is -2.31. The van der Waals surface area contributed by atoms with E-state index >= 15 is 0 Å². The summed E-state index contributed by atoms with van der Waals surface area (Å²) in [5, 5.41) is 10.4. The van der Waals surface area contributed by atoms with Crippen LogP contribution in [-0.2, 0) is 20.1 Å². The summed E-state index contributed by atoms with van der Waals surface area (Å²) in [6, 6.07) is 10.8. The van der Waals surface area contributed by atoms with Gasteiger partial charge in [0.25, 0.3) is 0 Å². The Balaban J connectivity index is 1.27. The highest BCUT2D eigenvalue weighted by Gasteiger charge is 2.27. The number of piperidine rings is 1. The van der Waals surface area contributed by atoms with Crippen LogP contribution in [0.1, 0.15) is 48.9 Å².